The quantitative estimate of drug-likeness (QED) is 0.0554. The van der Waals surface area contributed by atoms with Crippen molar-refractivity contribution in [1.29, 1.82) is 0 Å². The lowest BCUT2D eigenvalue weighted by Crippen LogP contribution is -2.61. The Kier molecular flexibility index (Phi) is 25.6. The van der Waals surface area contributed by atoms with E-state index in [1.54, 1.807) is 43.0 Å². The average molecular weight is 974 g/mol. The molecule has 1 aliphatic rings. The molecule has 1 saturated heterocycles. The summed E-state index contributed by atoms with van der Waals surface area (Å²) in [6.45, 7) is 16.0. The van der Waals surface area contributed by atoms with E-state index in [1.165, 1.54) is 11.8 Å². The highest BCUT2D eigenvalue weighted by Crippen LogP contribution is 2.21. The topological polar surface area (TPSA) is 287 Å². The van der Waals surface area contributed by atoms with Crippen LogP contribution in [0, 0.1) is 23.7 Å². The van der Waals surface area contributed by atoms with Gasteiger partial charge in [-0.25, -0.2) is 0 Å². The second-order valence-electron chi connectivity index (χ2n) is 19.1. The number of carbonyl (C=O) groups is 9. The first kappa shape index (κ1) is 58.9. The molecule has 0 bridgehead atoms. The molecule has 68 heavy (non-hydrogen) atoms. The van der Waals surface area contributed by atoms with Crippen molar-refractivity contribution in [1.82, 2.24) is 42.1 Å². The summed E-state index contributed by atoms with van der Waals surface area (Å²) < 4.78 is 0. The first-order valence-electron chi connectivity index (χ1n) is 23.9. The fraction of sp³-hybridized carbons (Fsp3) is 0.688. The monoisotopic (exact) mass is 974 g/mol. The molecule has 2 rings (SSSR count). The average Bonchev–Trinajstić information content (AvgIpc) is 3.77. The van der Waals surface area contributed by atoms with Crippen LogP contribution in [-0.4, -0.2) is 137 Å². The Morgan fingerprint density at radius 1 is 0.706 bits per heavy atom. The summed E-state index contributed by atoms with van der Waals surface area (Å²) in [4.78, 5) is 122. The van der Waals surface area contributed by atoms with Gasteiger partial charge >= 0.3 is 5.97 Å². The molecule has 0 aliphatic carbocycles. The number of amides is 8. The maximum Gasteiger partial charge on any atom is 0.325 e. The number of nitrogens with zero attached hydrogens (tertiary/aromatic N) is 1. The number of carboxylic acid groups (broad SMARTS) is 1. The fourth-order valence-corrected chi connectivity index (χ4v) is 8.21. The van der Waals surface area contributed by atoms with Crippen LogP contribution in [0.3, 0.4) is 0 Å². The van der Waals surface area contributed by atoms with Crippen molar-refractivity contribution in [3.63, 3.8) is 0 Å². The van der Waals surface area contributed by atoms with Gasteiger partial charge in [-0.05, 0) is 86.7 Å². The summed E-state index contributed by atoms with van der Waals surface area (Å²) in [5.41, 5.74) is 6.83. The lowest BCUT2D eigenvalue weighted by molar-refractivity contribution is -0.143. The third-order valence-corrected chi connectivity index (χ3v) is 12.3. The van der Waals surface area contributed by atoms with E-state index in [0.29, 0.717) is 37.0 Å². The lowest BCUT2D eigenvalue weighted by Gasteiger charge is -2.32. The lowest BCUT2D eigenvalue weighted by atomic mass is 9.95. The molecule has 19 nitrogen and oxygen atoms in total. The van der Waals surface area contributed by atoms with Gasteiger partial charge in [0.2, 0.25) is 47.3 Å². The number of thioether (sulfide) groups is 1. The molecule has 0 spiro atoms. The number of nitrogens with two attached hydrogens (primary N) is 1. The van der Waals surface area contributed by atoms with Gasteiger partial charge < -0.3 is 53.0 Å². The fourth-order valence-electron chi connectivity index (χ4n) is 7.72. The van der Waals surface area contributed by atoms with Crippen LogP contribution in [0.4, 0.5) is 0 Å². The molecule has 0 unspecified atom stereocenters. The van der Waals surface area contributed by atoms with Crippen molar-refractivity contribution >= 4 is 65.0 Å². The second-order valence-corrected chi connectivity index (χ2v) is 20.1. The summed E-state index contributed by atoms with van der Waals surface area (Å²) >= 11 is 1.55. The predicted octanol–water partition coefficient (Wildman–Crippen LogP) is 1.61. The van der Waals surface area contributed by atoms with Crippen molar-refractivity contribution in [2.24, 2.45) is 29.4 Å². The zero-order chi connectivity index (χ0) is 51.2. The molecule has 1 aromatic rings. The van der Waals surface area contributed by atoms with Crippen molar-refractivity contribution in [3.8, 4) is 0 Å². The van der Waals surface area contributed by atoms with E-state index in [-0.39, 0.29) is 50.0 Å². The zero-order valence-corrected chi connectivity index (χ0v) is 42.5. The minimum absolute atomic E-state index is 0.00668. The molecule has 0 saturated carbocycles. The van der Waals surface area contributed by atoms with Gasteiger partial charge in [-0.15, -0.1) is 0 Å². The molecule has 1 fully saturated rings. The molecule has 20 heteroatoms. The van der Waals surface area contributed by atoms with Crippen molar-refractivity contribution in [2.75, 3.05) is 25.1 Å². The maximum atomic E-state index is 14.5. The smallest absolute Gasteiger partial charge is 0.325 e. The Morgan fingerprint density at radius 3 is 1.75 bits per heavy atom. The van der Waals surface area contributed by atoms with Crippen LogP contribution in [-0.2, 0) is 49.6 Å². The number of hydrogen-bond donors (Lipinski definition) is 9. The van der Waals surface area contributed by atoms with E-state index in [0.717, 1.165) is 0 Å². The molecule has 382 valence electrons. The number of carboxylic acids is 1. The van der Waals surface area contributed by atoms with Crippen molar-refractivity contribution in [2.45, 2.75) is 162 Å². The summed E-state index contributed by atoms with van der Waals surface area (Å²) in [6, 6.07) is 0.513. The first-order valence-corrected chi connectivity index (χ1v) is 25.3. The molecular weight excluding hydrogens is 895 g/mol. The Hall–Kier alpha value is -5.24. The van der Waals surface area contributed by atoms with Crippen LogP contribution in [0.25, 0.3) is 0 Å². The molecule has 1 aliphatic heterocycles. The van der Waals surface area contributed by atoms with Crippen LogP contribution in [0.2, 0.25) is 0 Å². The normalized spacial score (nSPS) is 17.1. The van der Waals surface area contributed by atoms with E-state index < -0.39 is 114 Å². The number of carbonyl (C=O) groups excluding carboxylic acids is 8. The highest BCUT2D eigenvalue weighted by Gasteiger charge is 2.40. The third kappa shape index (κ3) is 20.2. The largest absolute Gasteiger partial charge is 0.480 e. The molecule has 10 N–H and O–H groups in total. The van der Waals surface area contributed by atoms with Gasteiger partial charge in [0.15, 0.2) is 0 Å². The maximum absolute atomic E-state index is 14.5. The highest BCUT2D eigenvalue weighted by molar-refractivity contribution is 7.98. The molecule has 1 heterocycles. The van der Waals surface area contributed by atoms with Crippen LogP contribution in [0.5, 0.6) is 0 Å². The van der Waals surface area contributed by atoms with Gasteiger partial charge in [-0.1, -0.05) is 92.1 Å². The number of benzene rings is 1. The van der Waals surface area contributed by atoms with E-state index >= 15 is 0 Å². The summed E-state index contributed by atoms with van der Waals surface area (Å²) in [5, 5.41) is 28.0. The number of hydrogen-bond acceptors (Lipinski definition) is 11. The Bertz CT molecular complexity index is 1850. The number of aliphatic carboxylic acids is 1. The molecule has 0 radical (unpaired) electrons. The van der Waals surface area contributed by atoms with Gasteiger partial charge in [0.25, 0.3) is 0 Å². The molecule has 9 atom stereocenters. The summed E-state index contributed by atoms with van der Waals surface area (Å²) in [5.74, 6) is -5.98. The standard InChI is InChI=1S/C48H79N9O10S/c1-11-30(8)40(46(64)55-37(24-29(6)7)47(65)57-20-15-18-38(57)45(63)50-26-39(58)51-31(9)48(66)67)56-44(62)36(25-32-16-13-12-14-17-32)54-43(61)35(23-28(4)5)53-42(60)34(22-27(2)3)52-41(59)33(49)19-21-68-10/h12-14,16-17,27-31,33-38,40H,11,15,18-26,49H2,1-10H3,(H,50,63)(H,51,58)(H,52,59)(H,53,60)(H,54,61)(H,55,64)(H,56,62)(H,66,67)/t30-,31-,33-,34-,35-,36-,37-,38-,40-/m0/s1. The number of nitrogens with one attached hydrogen (secondary N) is 7. The van der Waals surface area contributed by atoms with Gasteiger partial charge in [0.1, 0.15) is 42.3 Å². The van der Waals surface area contributed by atoms with Crippen LogP contribution >= 0.6 is 11.8 Å². The zero-order valence-electron chi connectivity index (χ0n) is 41.6. The number of likely N-dealkylation sites (tertiary alicyclic amines) is 1. The van der Waals surface area contributed by atoms with Crippen molar-refractivity contribution in [3.05, 3.63) is 35.9 Å². The van der Waals surface area contributed by atoms with E-state index in [2.05, 4.69) is 37.2 Å². The minimum Gasteiger partial charge on any atom is -0.480 e. The highest BCUT2D eigenvalue weighted by atomic mass is 32.2. The van der Waals surface area contributed by atoms with Gasteiger partial charge in [0, 0.05) is 13.0 Å². The Labute approximate surface area is 406 Å². The van der Waals surface area contributed by atoms with Gasteiger partial charge in [0.05, 0.1) is 12.6 Å². The predicted molar refractivity (Wildman–Crippen MR) is 262 cm³/mol. The van der Waals surface area contributed by atoms with Crippen molar-refractivity contribution < 1.29 is 48.3 Å². The summed E-state index contributed by atoms with van der Waals surface area (Å²) in [7, 11) is 0. The SMILES string of the molecule is CC[C@H](C)[C@H](NC(=O)[C@H](Cc1ccccc1)NC(=O)[C@H](CC(C)C)NC(=O)[C@H](CC(C)C)NC(=O)[C@@H](N)CCSC)C(=O)N[C@@H](CC(C)C)C(=O)N1CCC[C@H]1C(=O)NCC(=O)N[C@@H](C)C(=O)O. The van der Waals surface area contributed by atoms with Crippen LogP contribution in [0.15, 0.2) is 30.3 Å². The minimum atomic E-state index is -1.24. The molecule has 8 amide bonds. The molecule has 0 aromatic heterocycles. The van der Waals surface area contributed by atoms with E-state index in [9.17, 15) is 43.2 Å². The third-order valence-electron chi connectivity index (χ3n) is 11.7. The Balaban J connectivity index is 2.39. The van der Waals surface area contributed by atoms with Crippen LogP contribution < -0.4 is 43.0 Å². The molecule has 1 aromatic carbocycles. The van der Waals surface area contributed by atoms with Gasteiger partial charge in [-0.3, -0.25) is 43.2 Å². The molecular formula is C48H79N9O10S. The van der Waals surface area contributed by atoms with Crippen LogP contribution in [0.1, 0.15) is 113 Å². The van der Waals surface area contributed by atoms with E-state index in [4.69, 9.17) is 10.8 Å². The Morgan fingerprint density at radius 2 is 1.22 bits per heavy atom. The second kappa shape index (κ2) is 29.6. The van der Waals surface area contributed by atoms with Gasteiger partial charge in [-0.2, -0.15) is 11.8 Å². The van der Waals surface area contributed by atoms with E-state index in [1.807, 2.05) is 60.8 Å². The first-order chi connectivity index (χ1) is 32.0. The summed E-state index contributed by atoms with van der Waals surface area (Å²) in [6.07, 6.45) is 4.29. The number of rotatable bonds is 29.